The van der Waals surface area contributed by atoms with E-state index in [1.807, 2.05) is 54.6 Å². The fraction of sp³-hybridized carbons (Fsp3) is 0.306. The monoisotopic (exact) mass is 686 g/mol. The summed E-state index contributed by atoms with van der Waals surface area (Å²) in [6.45, 7) is 2.56. The van der Waals surface area contributed by atoms with Gasteiger partial charge in [-0.25, -0.2) is 15.0 Å². The molecule has 4 fully saturated rings. The molecule has 0 N–H and O–H groups in total. The molecule has 258 valence electrons. The van der Waals surface area contributed by atoms with E-state index in [-0.39, 0.29) is 5.41 Å². The fourth-order valence-electron chi connectivity index (χ4n) is 12.1. The van der Waals surface area contributed by atoms with Gasteiger partial charge >= 0.3 is 0 Å². The fourth-order valence-corrected chi connectivity index (χ4v) is 12.1. The Morgan fingerprint density at radius 3 is 1.72 bits per heavy atom. The van der Waals surface area contributed by atoms with Crippen molar-refractivity contribution in [3.05, 3.63) is 138 Å². The minimum absolute atomic E-state index is 0.00173. The highest BCUT2D eigenvalue weighted by atomic mass is 15.0. The molecule has 0 amide bonds. The Morgan fingerprint density at radius 1 is 0.585 bits per heavy atom. The van der Waals surface area contributed by atoms with Crippen molar-refractivity contribution in [1.82, 2.24) is 15.0 Å². The molecule has 2 bridgehead atoms. The van der Waals surface area contributed by atoms with Gasteiger partial charge in [0.05, 0.1) is 11.6 Å². The number of rotatable bonds is 5. The van der Waals surface area contributed by atoms with Crippen LogP contribution in [0.25, 0.3) is 56.4 Å². The van der Waals surface area contributed by atoms with Gasteiger partial charge in [0.25, 0.3) is 0 Å². The first-order valence-electron chi connectivity index (χ1n) is 19.8. The maximum absolute atomic E-state index is 9.39. The Morgan fingerprint density at radius 2 is 1.11 bits per heavy atom. The lowest BCUT2D eigenvalue weighted by molar-refractivity contribution is 0.307. The number of aromatic nitrogens is 3. The van der Waals surface area contributed by atoms with Crippen LogP contribution in [0.4, 0.5) is 0 Å². The molecule has 1 spiro atoms. The predicted molar refractivity (Wildman–Crippen MR) is 211 cm³/mol. The number of nitriles is 1. The van der Waals surface area contributed by atoms with E-state index in [2.05, 4.69) is 73.7 Å². The van der Waals surface area contributed by atoms with E-state index in [0.717, 1.165) is 53.2 Å². The molecule has 0 radical (unpaired) electrons. The number of fused-ring (bicyclic) bond motifs is 6. The van der Waals surface area contributed by atoms with Gasteiger partial charge in [0.1, 0.15) is 0 Å². The first kappa shape index (κ1) is 31.2. The summed E-state index contributed by atoms with van der Waals surface area (Å²) in [5.74, 6) is 5.64. The van der Waals surface area contributed by atoms with Crippen LogP contribution >= 0.6 is 0 Å². The quantitative estimate of drug-likeness (QED) is 0.181. The number of benzene rings is 5. The van der Waals surface area contributed by atoms with Crippen molar-refractivity contribution >= 4 is 0 Å². The highest BCUT2D eigenvalue weighted by Gasteiger charge is 2.63. The molecule has 5 aromatic carbocycles. The third kappa shape index (κ3) is 4.56. The maximum Gasteiger partial charge on any atom is 0.164 e. The Hall–Kier alpha value is -5.40. The summed E-state index contributed by atoms with van der Waals surface area (Å²) in [7, 11) is 0. The van der Waals surface area contributed by atoms with E-state index < -0.39 is 0 Å². The molecule has 0 aliphatic heterocycles. The topological polar surface area (TPSA) is 62.5 Å². The van der Waals surface area contributed by atoms with Crippen LogP contribution in [0.2, 0.25) is 0 Å². The second-order valence-electron chi connectivity index (χ2n) is 16.8. The molecule has 5 aliphatic carbocycles. The highest BCUT2D eigenvalue weighted by Crippen LogP contribution is 2.69. The van der Waals surface area contributed by atoms with E-state index in [9.17, 15) is 5.26 Å². The molecule has 53 heavy (non-hydrogen) atoms. The molecule has 4 nitrogen and oxygen atoms in total. The van der Waals surface area contributed by atoms with Crippen LogP contribution in [0.3, 0.4) is 0 Å². The summed E-state index contributed by atoms with van der Waals surface area (Å²) in [6, 6.07) is 43.8. The van der Waals surface area contributed by atoms with Gasteiger partial charge in [0, 0.05) is 22.1 Å². The second-order valence-corrected chi connectivity index (χ2v) is 16.8. The van der Waals surface area contributed by atoms with E-state index in [1.54, 1.807) is 5.56 Å². The molecule has 5 aliphatic rings. The lowest BCUT2D eigenvalue weighted by Crippen LogP contribution is -2.26. The highest BCUT2D eigenvalue weighted by molar-refractivity contribution is 5.86. The molecule has 11 rings (SSSR count). The third-order valence-electron chi connectivity index (χ3n) is 14.5. The van der Waals surface area contributed by atoms with Crippen molar-refractivity contribution in [1.29, 1.82) is 5.26 Å². The van der Waals surface area contributed by atoms with Gasteiger partial charge in [0.15, 0.2) is 17.5 Å². The standard InChI is InChI=1S/C49H42N4/c1-30-44-37-13-14-38(44)28-49(30,27-37)39-19-15-32(16-20-39)35-17-21-40-41-22-18-36(26-43(41)48(42(40)25-35)23-5-6-24-48)47-52-45(33-7-3-2-4-8-33)51-46(53-47)34-11-9-31(29-50)10-12-34/h2-4,7-12,15-22,25-26,30,37-38,44H,5-6,13-14,23-24,27-28H2,1H3/t30-,37-,38+,44?,49?/m0/s1. The number of nitrogens with zero attached hydrogens (tertiary/aromatic N) is 4. The minimum atomic E-state index is -0.00173. The first-order valence-corrected chi connectivity index (χ1v) is 19.8. The Bertz CT molecular complexity index is 2440. The predicted octanol–water partition coefficient (Wildman–Crippen LogP) is 11.6. The van der Waals surface area contributed by atoms with E-state index >= 15 is 0 Å². The summed E-state index contributed by atoms with van der Waals surface area (Å²) >= 11 is 0. The Labute approximate surface area is 312 Å². The van der Waals surface area contributed by atoms with Crippen molar-refractivity contribution in [2.45, 2.75) is 69.1 Å². The van der Waals surface area contributed by atoms with Crippen molar-refractivity contribution < 1.29 is 0 Å². The van der Waals surface area contributed by atoms with Gasteiger partial charge in [-0.2, -0.15) is 5.26 Å². The summed E-state index contributed by atoms with van der Waals surface area (Å²) in [5, 5.41) is 9.39. The molecule has 6 aromatic rings. The third-order valence-corrected chi connectivity index (χ3v) is 14.5. The van der Waals surface area contributed by atoms with Crippen molar-refractivity contribution in [3.63, 3.8) is 0 Å². The average Bonchev–Trinajstić information content (AvgIpc) is 4.01. The van der Waals surface area contributed by atoms with Gasteiger partial charge in [-0.3, -0.25) is 0 Å². The van der Waals surface area contributed by atoms with Crippen molar-refractivity contribution in [2.75, 3.05) is 0 Å². The lowest BCUT2D eigenvalue weighted by Gasteiger charge is -2.32. The average molecular weight is 687 g/mol. The second kappa shape index (κ2) is 11.5. The van der Waals surface area contributed by atoms with E-state index in [0.29, 0.717) is 28.5 Å². The zero-order chi connectivity index (χ0) is 35.3. The SMILES string of the molecule is C[C@H]1C2[C@@H]3CC[C@H]2CC1(c1ccc(-c2ccc4c(c2)C2(CCCC2)c2cc(-c5nc(-c6ccccc6)nc(-c6ccc(C#N)cc6)n5)ccc2-4)cc1)C3. The van der Waals surface area contributed by atoms with Crippen LogP contribution in [-0.2, 0) is 10.8 Å². The molecule has 2 unspecified atom stereocenters. The summed E-state index contributed by atoms with van der Waals surface area (Å²) in [5.41, 5.74) is 13.7. The Balaban J connectivity index is 0.971. The summed E-state index contributed by atoms with van der Waals surface area (Å²) in [4.78, 5) is 15.0. The normalized spacial score (nSPS) is 25.4. The van der Waals surface area contributed by atoms with Gasteiger partial charge < -0.3 is 0 Å². The van der Waals surface area contributed by atoms with Crippen molar-refractivity contribution in [2.24, 2.45) is 23.7 Å². The molecule has 4 heteroatoms. The number of hydrogen-bond donors (Lipinski definition) is 0. The molecular formula is C49H42N4. The van der Waals surface area contributed by atoms with Gasteiger partial charge in [-0.1, -0.05) is 98.6 Å². The molecule has 1 aromatic heterocycles. The van der Waals surface area contributed by atoms with Crippen LogP contribution in [0.5, 0.6) is 0 Å². The lowest BCUT2D eigenvalue weighted by atomic mass is 9.72. The molecule has 0 saturated heterocycles. The minimum Gasteiger partial charge on any atom is -0.208 e. The smallest absolute Gasteiger partial charge is 0.164 e. The van der Waals surface area contributed by atoms with Crippen LogP contribution in [-0.4, -0.2) is 15.0 Å². The molecule has 1 heterocycles. The van der Waals surface area contributed by atoms with Crippen LogP contribution in [0, 0.1) is 35.0 Å². The number of hydrogen-bond acceptors (Lipinski definition) is 4. The van der Waals surface area contributed by atoms with Gasteiger partial charge in [-0.05, 0) is 143 Å². The summed E-state index contributed by atoms with van der Waals surface area (Å²) < 4.78 is 0. The largest absolute Gasteiger partial charge is 0.208 e. The van der Waals surface area contributed by atoms with E-state index in [4.69, 9.17) is 15.0 Å². The van der Waals surface area contributed by atoms with E-state index in [1.165, 1.54) is 71.9 Å². The molecular weight excluding hydrogens is 645 g/mol. The zero-order valence-corrected chi connectivity index (χ0v) is 30.2. The van der Waals surface area contributed by atoms with Crippen LogP contribution < -0.4 is 0 Å². The van der Waals surface area contributed by atoms with Crippen LogP contribution in [0.15, 0.2) is 115 Å². The summed E-state index contributed by atoms with van der Waals surface area (Å²) in [6.07, 6.45) is 10.5. The molecule has 5 atom stereocenters. The Kier molecular flexibility index (Phi) is 6.79. The first-order chi connectivity index (χ1) is 26.0. The van der Waals surface area contributed by atoms with Crippen LogP contribution in [0.1, 0.15) is 80.5 Å². The molecule has 4 saturated carbocycles. The maximum atomic E-state index is 9.39. The zero-order valence-electron chi connectivity index (χ0n) is 30.2. The van der Waals surface area contributed by atoms with Gasteiger partial charge in [0.2, 0.25) is 0 Å². The van der Waals surface area contributed by atoms with Crippen molar-refractivity contribution in [3.8, 4) is 62.5 Å². The van der Waals surface area contributed by atoms with Gasteiger partial charge in [-0.15, -0.1) is 0 Å².